The average Bonchev–Trinajstić information content (AvgIpc) is 3.47. The van der Waals surface area contributed by atoms with Crippen molar-refractivity contribution < 1.29 is 19.0 Å². The summed E-state index contributed by atoms with van der Waals surface area (Å²) in [6.07, 6.45) is 8.85. The fourth-order valence-electron chi connectivity index (χ4n) is 7.07. The summed E-state index contributed by atoms with van der Waals surface area (Å²) in [5.74, 6) is 0.815. The number of carbonyl (C=O) groups is 1. The molecule has 5 aliphatic rings. The summed E-state index contributed by atoms with van der Waals surface area (Å²) in [6.45, 7) is 13.0. The van der Waals surface area contributed by atoms with Gasteiger partial charge in [0.1, 0.15) is 13.5 Å². The Morgan fingerprint density at radius 1 is 1.00 bits per heavy atom. The monoisotopic (exact) mass is 464 g/mol. The summed E-state index contributed by atoms with van der Waals surface area (Å²) in [5, 5.41) is 0. The van der Waals surface area contributed by atoms with Crippen molar-refractivity contribution in [3.63, 3.8) is 0 Å². The van der Waals surface area contributed by atoms with E-state index in [2.05, 4.69) is 14.7 Å². The molecule has 5 fully saturated rings. The molecule has 4 heterocycles. The van der Waals surface area contributed by atoms with E-state index in [4.69, 9.17) is 14.2 Å². The average molecular weight is 465 g/mol. The van der Waals surface area contributed by atoms with Gasteiger partial charge in [-0.2, -0.15) is 0 Å². The fraction of sp³-hybridized carbons (Fsp3) is 0.960. The van der Waals surface area contributed by atoms with Gasteiger partial charge in [-0.3, -0.25) is 9.80 Å². The van der Waals surface area contributed by atoms with Gasteiger partial charge in [0.2, 0.25) is 0 Å². The number of rotatable bonds is 7. The summed E-state index contributed by atoms with van der Waals surface area (Å²) in [5.41, 5.74) is 0.369. The van der Waals surface area contributed by atoms with Crippen LogP contribution in [0.5, 0.6) is 0 Å². The lowest BCUT2D eigenvalue weighted by molar-refractivity contribution is -0.0733. The number of ether oxygens (including phenoxy) is 3. The zero-order chi connectivity index (χ0) is 22.7. The van der Waals surface area contributed by atoms with Gasteiger partial charge in [0.15, 0.2) is 0 Å². The van der Waals surface area contributed by atoms with Gasteiger partial charge in [-0.15, -0.1) is 0 Å². The molecular weight excluding hydrogens is 420 g/mol. The number of hydrogen-bond acceptors (Lipinski definition) is 7. The molecule has 0 aromatic heterocycles. The van der Waals surface area contributed by atoms with Crippen LogP contribution in [0.4, 0.5) is 4.79 Å². The molecule has 1 amide bonds. The van der Waals surface area contributed by atoms with E-state index in [1.165, 1.54) is 58.2 Å². The molecule has 1 aliphatic carbocycles. The molecule has 0 bridgehead atoms. The molecule has 0 N–H and O–H groups in total. The number of hydrogen-bond donors (Lipinski definition) is 0. The van der Waals surface area contributed by atoms with Crippen LogP contribution < -0.4 is 0 Å². The van der Waals surface area contributed by atoms with Crippen LogP contribution in [0.2, 0.25) is 0 Å². The molecule has 0 radical (unpaired) electrons. The molecule has 33 heavy (non-hydrogen) atoms. The Hall–Kier alpha value is -0.930. The number of amides is 1. The van der Waals surface area contributed by atoms with Crippen LogP contribution in [0.3, 0.4) is 0 Å². The topological polar surface area (TPSA) is 57.7 Å². The van der Waals surface area contributed by atoms with Gasteiger partial charge in [-0.05, 0) is 76.3 Å². The third-order valence-corrected chi connectivity index (χ3v) is 8.99. The van der Waals surface area contributed by atoms with E-state index in [0.29, 0.717) is 18.1 Å². The molecule has 4 saturated heterocycles. The van der Waals surface area contributed by atoms with Crippen LogP contribution in [-0.4, -0.2) is 117 Å². The van der Waals surface area contributed by atoms with Crippen LogP contribution in [0.1, 0.15) is 51.9 Å². The minimum Gasteiger partial charge on any atom is -0.450 e. The molecule has 1 spiro atoms. The highest BCUT2D eigenvalue weighted by Crippen LogP contribution is 2.51. The zero-order valence-electron chi connectivity index (χ0n) is 20.6. The minimum absolute atomic E-state index is 0.117. The summed E-state index contributed by atoms with van der Waals surface area (Å²) in [7, 11) is 0. The van der Waals surface area contributed by atoms with Crippen molar-refractivity contribution in [3.05, 3.63) is 0 Å². The lowest BCUT2D eigenvalue weighted by atomic mass is 9.64. The molecule has 0 aromatic carbocycles. The smallest absolute Gasteiger partial charge is 0.409 e. The Balaban J connectivity index is 1.02. The molecule has 1 atom stereocenters. The first-order chi connectivity index (χ1) is 16.2. The maximum atomic E-state index is 12.1. The normalized spacial score (nSPS) is 34.8. The zero-order valence-corrected chi connectivity index (χ0v) is 20.6. The molecule has 1 saturated carbocycles. The number of morpholine rings is 1. The molecule has 0 aromatic rings. The van der Waals surface area contributed by atoms with E-state index in [1.54, 1.807) is 0 Å². The molecule has 188 valence electrons. The lowest BCUT2D eigenvalue weighted by Gasteiger charge is -2.52. The number of carbonyl (C=O) groups excluding carboxylic acids is 1. The van der Waals surface area contributed by atoms with E-state index in [1.807, 2.05) is 11.8 Å². The maximum absolute atomic E-state index is 12.1. The van der Waals surface area contributed by atoms with Crippen LogP contribution in [0, 0.1) is 11.3 Å². The first-order valence-electron chi connectivity index (χ1n) is 13.4. The predicted molar refractivity (Wildman–Crippen MR) is 126 cm³/mol. The highest BCUT2D eigenvalue weighted by molar-refractivity contribution is 5.68. The van der Waals surface area contributed by atoms with E-state index >= 15 is 0 Å². The molecule has 5 rings (SSSR count). The van der Waals surface area contributed by atoms with Crippen molar-refractivity contribution in [1.82, 2.24) is 19.6 Å². The van der Waals surface area contributed by atoms with Crippen LogP contribution >= 0.6 is 0 Å². The number of nitrogens with zero attached hydrogens (tertiary/aromatic N) is 4. The minimum atomic E-state index is -0.117. The highest BCUT2D eigenvalue weighted by atomic mass is 16.6. The SMILES string of the molecule is CCOC(=O)N1CCC2(CC(N3CCC([C@@H]4CCCN4COCN4CCOCC4)CC3)C2)C1. The largest absolute Gasteiger partial charge is 0.450 e. The van der Waals surface area contributed by atoms with Gasteiger partial charge < -0.3 is 24.0 Å². The van der Waals surface area contributed by atoms with Crippen molar-refractivity contribution in [2.75, 3.05) is 79.1 Å². The quantitative estimate of drug-likeness (QED) is 0.574. The van der Waals surface area contributed by atoms with Crippen molar-refractivity contribution in [1.29, 1.82) is 0 Å². The molecule has 8 nitrogen and oxygen atoms in total. The van der Waals surface area contributed by atoms with E-state index in [9.17, 15) is 4.79 Å². The standard InChI is InChI=1S/C25H44N4O4/c1-2-33-24(30)28-11-7-25(18-28)16-22(17-25)27-9-5-21(6-10-27)23-4-3-8-29(23)20-32-19-26-12-14-31-15-13-26/h21-23H,2-20H2,1H3/t22?,23-,25?/m0/s1. The first kappa shape index (κ1) is 23.8. The summed E-state index contributed by atoms with van der Waals surface area (Å²) >= 11 is 0. The van der Waals surface area contributed by atoms with Gasteiger partial charge in [0.25, 0.3) is 0 Å². The van der Waals surface area contributed by atoms with Gasteiger partial charge in [-0.1, -0.05) is 0 Å². The Morgan fingerprint density at radius 2 is 1.79 bits per heavy atom. The fourth-order valence-corrected chi connectivity index (χ4v) is 7.07. The van der Waals surface area contributed by atoms with E-state index < -0.39 is 0 Å². The van der Waals surface area contributed by atoms with Crippen molar-refractivity contribution in [2.24, 2.45) is 11.3 Å². The predicted octanol–water partition coefficient (Wildman–Crippen LogP) is 2.44. The molecule has 0 unspecified atom stereocenters. The van der Waals surface area contributed by atoms with E-state index in [0.717, 1.165) is 71.2 Å². The third-order valence-electron chi connectivity index (χ3n) is 8.99. The second-order valence-corrected chi connectivity index (χ2v) is 11.0. The Morgan fingerprint density at radius 3 is 2.55 bits per heavy atom. The number of likely N-dealkylation sites (tertiary alicyclic amines) is 3. The molecule has 8 heteroatoms. The maximum Gasteiger partial charge on any atom is 0.409 e. The van der Waals surface area contributed by atoms with Gasteiger partial charge >= 0.3 is 6.09 Å². The van der Waals surface area contributed by atoms with Gasteiger partial charge in [-0.25, -0.2) is 4.79 Å². The van der Waals surface area contributed by atoms with Crippen LogP contribution in [-0.2, 0) is 14.2 Å². The second-order valence-electron chi connectivity index (χ2n) is 11.0. The van der Waals surface area contributed by atoms with Gasteiger partial charge in [0.05, 0.1) is 19.8 Å². The van der Waals surface area contributed by atoms with Crippen molar-refractivity contribution in [3.8, 4) is 0 Å². The molecular formula is C25H44N4O4. The highest BCUT2D eigenvalue weighted by Gasteiger charge is 2.51. The summed E-state index contributed by atoms with van der Waals surface area (Å²) in [4.78, 5) is 21.7. The Bertz CT molecular complexity index is 644. The van der Waals surface area contributed by atoms with Crippen molar-refractivity contribution >= 4 is 6.09 Å². The third kappa shape index (κ3) is 5.50. The van der Waals surface area contributed by atoms with Crippen LogP contribution in [0.25, 0.3) is 0 Å². The van der Waals surface area contributed by atoms with E-state index in [-0.39, 0.29) is 6.09 Å². The van der Waals surface area contributed by atoms with Crippen molar-refractivity contribution in [2.45, 2.75) is 64.0 Å². The molecule has 4 aliphatic heterocycles. The van der Waals surface area contributed by atoms with Crippen LogP contribution in [0.15, 0.2) is 0 Å². The lowest BCUT2D eigenvalue weighted by Crippen LogP contribution is -2.55. The Kier molecular flexibility index (Phi) is 7.77. The van der Waals surface area contributed by atoms with Gasteiger partial charge in [0, 0.05) is 44.8 Å². The number of piperidine rings is 1. The second kappa shape index (κ2) is 10.8. The first-order valence-corrected chi connectivity index (χ1v) is 13.4. The summed E-state index contributed by atoms with van der Waals surface area (Å²) in [6, 6.07) is 1.43. The Labute approximate surface area is 199 Å². The summed E-state index contributed by atoms with van der Waals surface area (Å²) < 4.78 is 16.8.